The first kappa shape index (κ1) is 11.7. The Hall–Kier alpha value is -1.76. The Kier molecular flexibility index (Phi) is 3.19. The quantitative estimate of drug-likeness (QED) is 0.830. The highest BCUT2D eigenvalue weighted by molar-refractivity contribution is 7.71. The summed E-state index contributed by atoms with van der Waals surface area (Å²) in [6.07, 6.45) is 0.951. The van der Waals surface area contributed by atoms with Crippen LogP contribution in [0.1, 0.15) is 13.3 Å². The second-order valence-corrected chi connectivity index (χ2v) is 4.07. The summed E-state index contributed by atoms with van der Waals surface area (Å²) in [7, 11) is 1.61. The van der Waals surface area contributed by atoms with Gasteiger partial charge in [0.15, 0.2) is 10.6 Å². The number of rotatable bonds is 3. The Morgan fingerprint density at radius 3 is 2.88 bits per heavy atom. The van der Waals surface area contributed by atoms with Gasteiger partial charge < -0.3 is 0 Å². The summed E-state index contributed by atoms with van der Waals surface area (Å²) in [5.41, 5.74) is 0.484. The molecule has 0 amide bonds. The number of aromatic amines is 1. The highest BCUT2D eigenvalue weighted by Crippen LogP contribution is 2.13. The monoisotopic (exact) mass is 251 g/mol. The highest BCUT2D eigenvalue weighted by Gasteiger charge is 2.10. The Morgan fingerprint density at radius 1 is 1.47 bits per heavy atom. The van der Waals surface area contributed by atoms with Crippen LogP contribution in [0.25, 0.3) is 11.5 Å². The summed E-state index contributed by atoms with van der Waals surface area (Å²) in [5.74, 6) is 0.660. The van der Waals surface area contributed by atoms with Crippen molar-refractivity contribution in [2.75, 3.05) is 0 Å². The van der Waals surface area contributed by atoms with Crippen LogP contribution in [0.3, 0.4) is 0 Å². The molecule has 0 saturated carbocycles. The Bertz CT molecular complexity index is 639. The second kappa shape index (κ2) is 4.62. The molecule has 0 saturated heterocycles. The van der Waals surface area contributed by atoms with E-state index in [-0.39, 0.29) is 5.56 Å². The Labute approximate surface area is 103 Å². The van der Waals surface area contributed by atoms with Crippen LogP contribution in [0, 0.1) is 4.77 Å². The van der Waals surface area contributed by atoms with E-state index in [9.17, 15) is 4.79 Å². The van der Waals surface area contributed by atoms with Crippen LogP contribution in [0.2, 0.25) is 0 Å². The molecule has 0 fully saturated rings. The van der Waals surface area contributed by atoms with Gasteiger partial charge in [0.25, 0.3) is 5.56 Å². The van der Waals surface area contributed by atoms with E-state index in [0.29, 0.717) is 16.3 Å². The van der Waals surface area contributed by atoms with Crippen molar-refractivity contribution in [2.45, 2.75) is 19.9 Å². The van der Waals surface area contributed by atoms with Gasteiger partial charge in [0, 0.05) is 19.7 Å². The zero-order valence-electron chi connectivity index (χ0n) is 9.67. The van der Waals surface area contributed by atoms with E-state index in [1.165, 1.54) is 10.7 Å². The molecule has 1 N–H and O–H groups in total. The van der Waals surface area contributed by atoms with Gasteiger partial charge in [-0.05, 0) is 24.7 Å². The van der Waals surface area contributed by atoms with Crippen LogP contribution in [0.5, 0.6) is 0 Å². The summed E-state index contributed by atoms with van der Waals surface area (Å²) >= 11 is 5.15. The molecule has 0 radical (unpaired) electrons. The lowest BCUT2D eigenvalue weighted by Crippen LogP contribution is -2.18. The predicted molar refractivity (Wildman–Crippen MR) is 66.2 cm³/mol. The fourth-order valence-electron chi connectivity index (χ4n) is 1.57. The summed E-state index contributed by atoms with van der Waals surface area (Å²) in [6, 6.07) is 3.12. The van der Waals surface area contributed by atoms with Crippen molar-refractivity contribution in [1.29, 1.82) is 0 Å². The second-order valence-electron chi connectivity index (χ2n) is 3.68. The molecule has 6 nitrogen and oxygen atoms in total. The fraction of sp³-hybridized carbons (Fsp3) is 0.400. The van der Waals surface area contributed by atoms with E-state index in [4.69, 9.17) is 12.2 Å². The maximum absolute atomic E-state index is 11.3. The number of nitrogens with zero attached hydrogens (tertiary/aromatic N) is 4. The molecule has 17 heavy (non-hydrogen) atoms. The first-order valence-corrected chi connectivity index (χ1v) is 5.74. The summed E-state index contributed by atoms with van der Waals surface area (Å²) in [4.78, 5) is 11.3. The van der Waals surface area contributed by atoms with Crippen LogP contribution in [-0.4, -0.2) is 24.5 Å². The summed E-state index contributed by atoms with van der Waals surface area (Å²) in [6.45, 7) is 2.84. The SMILES string of the molecule is CCCn1c(-c2ccc(=O)n(C)n2)n[nH]c1=S. The number of nitrogens with one attached hydrogen (secondary N) is 1. The summed E-state index contributed by atoms with van der Waals surface area (Å²) in [5, 5.41) is 11.0. The number of H-pyrrole nitrogens is 1. The topological polar surface area (TPSA) is 68.5 Å². The first-order valence-electron chi connectivity index (χ1n) is 5.33. The summed E-state index contributed by atoms with van der Waals surface area (Å²) < 4.78 is 3.73. The molecule has 0 unspecified atom stereocenters. The van der Waals surface area contributed by atoms with Crippen molar-refractivity contribution >= 4 is 12.2 Å². The minimum Gasteiger partial charge on any atom is -0.299 e. The standard InChI is InChI=1S/C10H13N5OS/c1-3-6-15-9(11-12-10(15)17)7-4-5-8(16)14(2)13-7/h4-5H,3,6H2,1-2H3,(H,12,17). The maximum Gasteiger partial charge on any atom is 0.266 e. The molecule has 0 spiro atoms. The average molecular weight is 251 g/mol. The zero-order chi connectivity index (χ0) is 12.4. The van der Waals surface area contributed by atoms with E-state index in [1.54, 1.807) is 13.1 Å². The van der Waals surface area contributed by atoms with Gasteiger partial charge in [-0.25, -0.2) is 4.68 Å². The normalized spacial score (nSPS) is 10.7. The molecule has 2 aromatic rings. The van der Waals surface area contributed by atoms with Crippen LogP contribution >= 0.6 is 12.2 Å². The number of aryl methyl sites for hydroxylation is 1. The van der Waals surface area contributed by atoms with Gasteiger partial charge >= 0.3 is 0 Å². The van der Waals surface area contributed by atoms with Crippen LogP contribution in [-0.2, 0) is 13.6 Å². The molecule has 0 bridgehead atoms. The van der Waals surface area contributed by atoms with E-state index in [2.05, 4.69) is 22.2 Å². The molecule has 0 aliphatic carbocycles. The van der Waals surface area contributed by atoms with E-state index < -0.39 is 0 Å². The number of hydrogen-bond donors (Lipinski definition) is 1. The van der Waals surface area contributed by atoms with Crippen molar-refractivity contribution in [3.8, 4) is 11.5 Å². The van der Waals surface area contributed by atoms with Gasteiger partial charge in [0.2, 0.25) is 0 Å². The van der Waals surface area contributed by atoms with Gasteiger partial charge in [-0.3, -0.25) is 14.5 Å². The third-order valence-corrected chi connectivity index (χ3v) is 2.71. The molecule has 2 rings (SSSR count). The van der Waals surface area contributed by atoms with Crippen LogP contribution in [0.4, 0.5) is 0 Å². The molecule has 0 aliphatic rings. The Morgan fingerprint density at radius 2 is 2.24 bits per heavy atom. The predicted octanol–water partition coefficient (Wildman–Crippen LogP) is 1.11. The molecular weight excluding hydrogens is 238 g/mol. The molecule has 7 heteroatoms. The minimum atomic E-state index is -0.148. The number of aromatic nitrogens is 5. The molecule has 2 heterocycles. The molecule has 0 aromatic carbocycles. The third kappa shape index (κ3) is 2.19. The minimum absolute atomic E-state index is 0.148. The van der Waals surface area contributed by atoms with Crippen LogP contribution in [0.15, 0.2) is 16.9 Å². The first-order chi connectivity index (χ1) is 8.13. The molecule has 90 valence electrons. The van der Waals surface area contributed by atoms with Crippen molar-refractivity contribution < 1.29 is 0 Å². The van der Waals surface area contributed by atoms with E-state index in [1.807, 2.05) is 4.57 Å². The third-order valence-electron chi connectivity index (χ3n) is 2.40. The lowest BCUT2D eigenvalue weighted by Gasteiger charge is -2.04. The average Bonchev–Trinajstić information content (AvgIpc) is 2.66. The lowest BCUT2D eigenvalue weighted by molar-refractivity contribution is 0.663. The smallest absolute Gasteiger partial charge is 0.266 e. The number of hydrogen-bond acceptors (Lipinski definition) is 4. The van der Waals surface area contributed by atoms with Gasteiger partial charge in [-0.1, -0.05) is 6.92 Å². The largest absolute Gasteiger partial charge is 0.299 e. The molecule has 0 atom stereocenters. The van der Waals surface area contributed by atoms with Crippen molar-refractivity contribution in [3.05, 3.63) is 27.3 Å². The van der Waals surface area contributed by atoms with Crippen molar-refractivity contribution in [1.82, 2.24) is 24.5 Å². The van der Waals surface area contributed by atoms with E-state index in [0.717, 1.165) is 13.0 Å². The van der Waals surface area contributed by atoms with Gasteiger partial charge in [-0.2, -0.15) is 10.2 Å². The van der Waals surface area contributed by atoms with Gasteiger partial charge in [-0.15, -0.1) is 0 Å². The van der Waals surface area contributed by atoms with E-state index >= 15 is 0 Å². The zero-order valence-corrected chi connectivity index (χ0v) is 10.5. The van der Waals surface area contributed by atoms with Gasteiger partial charge in [0.1, 0.15) is 5.69 Å². The highest BCUT2D eigenvalue weighted by atomic mass is 32.1. The van der Waals surface area contributed by atoms with Crippen LogP contribution < -0.4 is 5.56 Å². The molecular formula is C10H13N5OS. The lowest BCUT2D eigenvalue weighted by atomic mass is 10.3. The van der Waals surface area contributed by atoms with Gasteiger partial charge in [0.05, 0.1) is 0 Å². The molecule has 2 aromatic heterocycles. The maximum atomic E-state index is 11.3. The van der Waals surface area contributed by atoms with Crippen molar-refractivity contribution in [2.24, 2.45) is 7.05 Å². The molecule has 0 aliphatic heterocycles. The fourth-order valence-corrected chi connectivity index (χ4v) is 1.79. The Balaban J connectivity index is 2.56. The van der Waals surface area contributed by atoms with Crippen molar-refractivity contribution in [3.63, 3.8) is 0 Å².